The molecule has 0 saturated carbocycles. The van der Waals surface area contributed by atoms with E-state index in [-0.39, 0.29) is 17.9 Å². The summed E-state index contributed by atoms with van der Waals surface area (Å²) in [5.41, 5.74) is 2.98. The second kappa shape index (κ2) is 8.85. The van der Waals surface area contributed by atoms with Crippen LogP contribution >= 0.6 is 11.6 Å². The summed E-state index contributed by atoms with van der Waals surface area (Å²) < 4.78 is 0. The molecule has 1 atom stereocenters. The Balaban J connectivity index is 1.84. The second-order valence-corrected chi connectivity index (χ2v) is 8.22. The molecule has 0 radical (unpaired) electrons. The van der Waals surface area contributed by atoms with E-state index in [2.05, 4.69) is 4.98 Å². The lowest BCUT2D eigenvalue weighted by Gasteiger charge is -2.26. The number of likely N-dealkylation sites (tertiary alicyclic amines) is 1. The minimum Gasteiger partial charge on any atom is -0.507 e. The minimum atomic E-state index is -0.734. The second-order valence-electron chi connectivity index (χ2n) is 7.78. The van der Waals surface area contributed by atoms with Crippen molar-refractivity contribution in [1.29, 1.82) is 0 Å². The van der Waals surface area contributed by atoms with Crippen molar-refractivity contribution in [3.8, 4) is 0 Å². The quantitative estimate of drug-likeness (QED) is 0.356. The topological polar surface area (TPSA) is 73.7 Å². The third kappa shape index (κ3) is 4.09. The third-order valence-corrected chi connectivity index (χ3v) is 5.71. The number of carbonyl (C=O) groups is 2. The Hall–Kier alpha value is -3.64. The first-order chi connectivity index (χ1) is 15.4. The molecule has 7 heteroatoms. The van der Waals surface area contributed by atoms with E-state index in [1.807, 2.05) is 49.3 Å². The largest absolute Gasteiger partial charge is 0.507 e. The van der Waals surface area contributed by atoms with Gasteiger partial charge in [0.2, 0.25) is 0 Å². The number of Topliss-reactive ketones (excluding diaryl/α,β-unsaturated/α-hetero) is 1. The molecule has 1 fully saturated rings. The van der Waals surface area contributed by atoms with Gasteiger partial charge in [0.15, 0.2) is 0 Å². The fraction of sp³-hybridized carbons (Fsp3) is 0.160. The van der Waals surface area contributed by atoms with Crippen molar-refractivity contribution < 1.29 is 14.7 Å². The van der Waals surface area contributed by atoms with Gasteiger partial charge in [-0.25, -0.2) is 0 Å². The molecule has 2 heterocycles. The van der Waals surface area contributed by atoms with Gasteiger partial charge in [-0.2, -0.15) is 0 Å². The number of pyridine rings is 1. The molecule has 3 aromatic rings. The van der Waals surface area contributed by atoms with E-state index in [0.29, 0.717) is 10.6 Å². The monoisotopic (exact) mass is 447 g/mol. The van der Waals surface area contributed by atoms with Crippen LogP contribution in [0.3, 0.4) is 0 Å². The molecule has 0 bridgehead atoms. The molecule has 1 N–H and O–H groups in total. The molecule has 1 unspecified atom stereocenters. The summed E-state index contributed by atoms with van der Waals surface area (Å²) in [6.45, 7) is 0.190. The highest BCUT2D eigenvalue weighted by atomic mass is 35.5. The van der Waals surface area contributed by atoms with Gasteiger partial charge in [0.25, 0.3) is 11.7 Å². The maximum absolute atomic E-state index is 13.1. The van der Waals surface area contributed by atoms with Crippen LogP contribution in [-0.4, -0.2) is 40.8 Å². The number of aliphatic hydroxyl groups excluding tert-OH is 1. The van der Waals surface area contributed by atoms with E-state index in [1.165, 1.54) is 4.90 Å². The predicted octanol–water partition coefficient (Wildman–Crippen LogP) is 4.42. The Morgan fingerprint density at radius 3 is 2.34 bits per heavy atom. The van der Waals surface area contributed by atoms with Crippen molar-refractivity contribution in [1.82, 2.24) is 9.88 Å². The minimum absolute atomic E-state index is 0.0545. The van der Waals surface area contributed by atoms with Gasteiger partial charge in [0, 0.05) is 49.3 Å². The molecular formula is C25H22ClN3O3. The number of amides is 1. The SMILES string of the molecule is CN(C)c1ccc(C2C(=C(O)c3ccc(Cl)cc3)C(=O)C(=O)N2Cc2cccnc2)cc1. The number of nitrogens with zero attached hydrogens (tertiary/aromatic N) is 3. The molecule has 0 aliphatic carbocycles. The molecule has 0 spiro atoms. The van der Waals surface area contributed by atoms with Crippen molar-refractivity contribution >= 4 is 34.7 Å². The van der Waals surface area contributed by atoms with E-state index in [1.54, 1.807) is 42.7 Å². The number of carbonyl (C=O) groups excluding carboxylic acids is 2. The summed E-state index contributed by atoms with van der Waals surface area (Å²) in [7, 11) is 3.87. The van der Waals surface area contributed by atoms with Gasteiger partial charge in [0.1, 0.15) is 5.76 Å². The highest BCUT2D eigenvalue weighted by Crippen LogP contribution is 2.40. The first kappa shape index (κ1) is 21.6. The van der Waals surface area contributed by atoms with Crippen LogP contribution in [0.4, 0.5) is 5.69 Å². The van der Waals surface area contributed by atoms with Crippen molar-refractivity contribution in [3.63, 3.8) is 0 Å². The Morgan fingerprint density at radius 2 is 1.75 bits per heavy atom. The molecule has 1 aliphatic heterocycles. The first-order valence-corrected chi connectivity index (χ1v) is 10.4. The van der Waals surface area contributed by atoms with Gasteiger partial charge >= 0.3 is 0 Å². The molecule has 4 rings (SSSR count). The Kier molecular flexibility index (Phi) is 5.97. The maximum atomic E-state index is 13.1. The average molecular weight is 448 g/mol. The van der Waals surface area contributed by atoms with Crippen LogP contribution in [0, 0.1) is 0 Å². The molecule has 1 aliphatic rings. The summed E-state index contributed by atoms with van der Waals surface area (Å²) in [6.07, 6.45) is 3.31. The van der Waals surface area contributed by atoms with Crippen LogP contribution < -0.4 is 4.90 Å². The number of hydrogen-bond acceptors (Lipinski definition) is 5. The normalized spacial score (nSPS) is 17.6. The number of aliphatic hydroxyl groups is 1. The Morgan fingerprint density at radius 1 is 1.06 bits per heavy atom. The van der Waals surface area contributed by atoms with Crippen molar-refractivity contribution in [3.05, 3.63) is 100 Å². The van der Waals surface area contributed by atoms with Gasteiger partial charge in [-0.15, -0.1) is 0 Å². The molecule has 6 nitrogen and oxygen atoms in total. The molecule has 2 aromatic carbocycles. The van der Waals surface area contributed by atoms with E-state index in [9.17, 15) is 14.7 Å². The highest BCUT2D eigenvalue weighted by Gasteiger charge is 2.46. The van der Waals surface area contributed by atoms with Gasteiger partial charge in [-0.3, -0.25) is 14.6 Å². The van der Waals surface area contributed by atoms with Crippen molar-refractivity contribution in [2.75, 3.05) is 19.0 Å². The average Bonchev–Trinajstić information content (AvgIpc) is 3.05. The number of aromatic nitrogens is 1. The van der Waals surface area contributed by atoms with Crippen LogP contribution in [0.1, 0.15) is 22.7 Å². The maximum Gasteiger partial charge on any atom is 0.295 e. The summed E-state index contributed by atoms with van der Waals surface area (Å²) in [6, 6.07) is 17.0. The fourth-order valence-electron chi connectivity index (χ4n) is 3.80. The summed E-state index contributed by atoms with van der Waals surface area (Å²) in [5, 5.41) is 11.6. The first-order valence-electron chi connectivity index (χ1n) is 10.1. The molecule has 1 saturated heterocycles. The number of ketones is 1. The van der Waals surface area contributed by atoms with Crippen molar-refractivity contribution in [2.24, 2.45) is 0 Å². The van der Waals surface area contributed by atoms with E-state index >= 15 is 0 Å². The Bertz CT molecular complexity index is 1170. The summed E-state index contributed by atoms with van der Waals surface area (Å²) >= 11 is 5.97. The van der Waals surface area contributed by atoms with Crippen LogP contribution in [0.25, 0.3) is 5.76 Å². The van der Waals surface area contributed by atoms with Gasteiger partial charge < -0.3 is 14.9 Å². The molecular weight excluding hydrogens is 426 g/mol. The lowest BCUT2D eigenvalue weighted by atomic mass is 9.95. The zero-order chi connectivity index (χ0) is 22.8. The molecule has 1 amide bonds. The van der Waals surface area contributed by atoms with Crippen LogP contribution in [-0.2, 0) is 16.1 Å². The Labute approximate surface area is 191 Å². The summed E-state index contributed by atoms with van der Waals surface area (Å²) in [5.74, 6) is -1.61. The predicted molar refractivity (Wildman–Crippen MR) is 124 cm³/mol. The van der Waals surface area contributed by atoms with Gasteiger partial charge in [0.05, 0.1) is 11.6 Å². The van der Waals surface area contributed by atoms with Crippen LogP contribution in [0.5, 0.6) is 0 Å². The van der Waals surface area contributed by atoms with E-state index < -0.39 is 17.7 Å². The molecule has 1 aromatic heterocycles. The van der Waals surface area contributed by atoms with E-state index in [4.69, 9.17) is 11.6 Å². The number of hydrogen-bond donors (Lipinski definition) is 1. The number of anilines is 1. The number of rotatable bonds is 5. The van der Waals surface area contributed by atoms with Gasteiger partial charge in [-0.05, 0) is 53.6 Å². The highest BCUT2D eigenvalue weighted by molar-refractivity contribution is 6.46. The van der Waals surface area contributed by atoms with Gasteiger partial charge in [-0.1, -0.05) is 29.8 Å². The van der Waals surface area contributed by atoms with Crippen molar-refractivity contribution in [2.45, 2.75) is 12.6 Å². The molecule has 32 heavy (non-hydrogen) atoms. The third-order valence-electron chi connectivity index (χ3n) is 5.46. The lowest BCUT2D eigenvalue weighted by molar-refractivity contribution is -0.140. The fourth-order valence-corrected chi connectivity index (χ4v) is 3.92. The standard InChI is InChI=1S/C25H22ClN3O3/c1-28(2)20-11-7-17(8-12-20)22-21(23(30)18-5-9-19(26)10-6-18)24(31)25(32)29(22)15-16-4-3-13-27-14-16/h3-14,22,30H,15H2,1-2H3. The lowest BCUT2D eigenvalue weighted by Crippen LogP contribution is -2.29. The summed E-state index contributed by atoms with van der Waals surface area (Å²) in [4.78, 5) is 33.7. The van der Waals surface area contributed by atoms with E-state index in [0.717, 1.165) is 16.8 Å². The zero-order valence-corrected chi connectivity index (χ0v) is 18.5. The van der Waals surface area contributed by atoms with Crippen LogP contribution in [0.2, 0.25) is 5.02 Å². The van der Waals surface area contributed by atoms with Crippen LogP contribution in [0.15, 0.2) is 78.6 Å². The smallest absolute Gasteiger partial charge is 0.295 e. The number of benzene rings is 2. The number of halogens is 1. The molecule has 162 valence electrons. The zero-order valence-electron chi connectivity index (χ0n) is 17.7.